The number of hydrogen-bond donors (Lipinski definition) is 2. The molecule has 14 heavy (non-hydrogen) atoms. The monoisotopic (exact) mass is 201 g/mol. The third kappa shape index (κ3) is 4.61. The van der Waals surface area contributed by atoms with Crippen molar-refractivity contribution in [1.82, 2.24) is 5.32 Å². The standard InChI is InChI=1S/C11H23NO2/c1-8(2)9(3)10(14)12-11(4,5)6-7-13/h8-9,13H,6-7H2,1-5H3,(H,12,14). The number of amides is 1. The van der Waals surface area contributed by atoms with Gasteiger partial charge in [0.25, 0.3) is 0 Å². The van der Waals surface area contributed by atoms with E-state index in [1.807, 2.05) is 34.6 Å². The smallest absolute Gasteiger partial charge is 0.223 e. The molecule has 0 spiro atoms. The number of aliphatic hydroxyl groups excluding tert-OH is 1. The van der Waals surface area contributed by atoms with Crippen molar-refractivity contribution in [2.24, 2.45) is 11.8 Å². The average molecular weight is 201 g/mol. The van der Waals surface area contributed by atoms with Crippen LogP contribution in [0.3, 0.4) is 0 Å². The van der Waals surface area contributed by atoms with E-state index in [1.165, 1.54) is 0 Å². The summed E-state index contributed by atoms with van der Waals surface area (Å²) >= 11 is 0. The lowest BCUT2D eigenvalue weighted by Crippen LogP contribution is -2.47. The van der Waals surface area contributed by atoms with Gasteiger partial charge in [-0.3, -0.25) is 4.79 Å². The quantitative estimate of drug-likeness (QED) is 0.709. The highest BCUT2D eigenvalue weighted by Gasteiger charge is 2.24. The van der Waals surface area contributed by atoms with Crippen molar-refractivity contribution >= 4 is 5.91 Å². The van der Waals surface area contributed by atoms with Crippen molar-refractivity contribution in [2.75, 3.05) is 6.61 Å². The molecule has 0 rings (SSSR count). The minimum Gasteiger partial charge on any atom is -0.396 e. The molecule has 0 fully saturated rings. The highest BCUT2D eigenvalue weighted by atomic mass is 16.3. The first-order valence-electron chi connectivity index (χ1n) is 5.23. The molecular formula is C11H23NO2. The van der Waals surface area contributed by atoms with Gasteiger partial charge in [0, 0.05) is 18.1 Å². The van der Waals surface area contributed by atoms with E-state index in [4.69, 9.17) is 5.11 Å². The number of rotatable bonds is 5. The summed E-state index contributed by atoms with van der Waals surface area (Å²) in [7, 11) is 0. The minimum absolute atomic E-state index is 0.0213. The molecule has 2 N–H and O–H groups in total. The molecule has 0 aromatic rings. The first-order valence-corrected chi connectivity index (χ1v) is 5.23. The van der Waals surface area contributed by atoms with Crippen LogP contribution >= 0.6 is 0 Å². The van der Waals surface area contributed by atoms with Gasteiger partial charge in [-0.25, -0.2) is 0 Å². The SMILES string of the molecule is CC(C)C(C)C(=O)NC(C)(C)CCO. The van der Waals surface area contributed by atoms with Crippen LogP contribution in [0.15, 0.2) is 0 Å². The van der Waals surface area contributed by atoms with Crippen molar-refractivity contribution in [3.05, 3.63) is 0 Å². The van der Waals surface area contributed by atoms with Crippen LogP contribution in [-0.2, 0) is 4.79 Å². The second kappa shape index (κ2) is 5.35. The van der Waals surface area contributed by atoms with Crippen LogP contribution in [0.2, 0.25) is 0 Å². The zero-order valence-electron chi connectivity index (χ0n) is 9.92. The maximum Gasteiger partial charge on any atom is 0.223 e. The number of aliphatic hydroxyl groups is 1. The fourth-order valence-electron chi connectivity index (χ4n) is 1.09. The summed E-state index contributed by atoms with van der Waals surface area (Å²) in [4.78, 5) is 11.7. The minimum atomic E-state index is -0.311. The Morgan fingerprint density at radius 1 is 1.36 bits per heavy atom. The van der Waals surface area contributed by atoms with Crippen molar-refractivity contribution in [2.45, 2.75) is 46.6 Å². The molecule has 0 bridgehead atoms. The van der Waals surface area contributed by atoms with Gasteiger partial charge in [-0.1, -0.05) is 20.8 Å². The largest absolute Gasteiger partial charge is 0.396 e. The van der Waals surface area contributed by atoms with Gasteiger partial charge in [0.15, 0.2) is 0 Å². The Labute approximate surface area is 86.9 Å². The maximum absolute atomic E-state index is 11.7. The molecule has 84 valence electrons. The van der Waals surface area contributed by atoms with Gasteiger partial charge in [0.05, 0.1) is 0 Å². The molecule has 1 amide bonds. The molecule has 1 unspecified atom stereocenters. The van der Waals surface area contributed by atoms with Gasteiger partial charge >= 0.3 is 0 Å². The zero-order valence-corrected chi connectivity index (χ0v) is 9.92. The Morgan fingerprint density at radius 3 is 2.21 bits per heavy atom. The normalized spacial score (nSPS) is 14.2. The van der Waals surface area contributed by atoms with E-state index in [2.05, 4.69) is 5.32 Å². The van der Waals surface area contributed by atoms with Crippen LogP contribution in [0.25, 0.3) is 0 Å². The zero-order chi connectivity index (χ0) is 11.4. The Kier molecular flexibility index (Phi) is 5.13. The lowest BCUT2D eigenvalue weighted by atomic mass is 9.94. The maximum atomic E-state index is 11.7. The molecule has 0 aliphatic rings. The molecule has 0 saturated carbocycles. The first kappa shape index (κ1) is 13.4. The summed E-state index contributed by atoms with van der Waals surface area (Å²) in [5, 5.41) is 11.8. The van der Waals surface area contributed by atoms with Gasteiger partial charge in [0.2, 0.25) is 5.91 Å². The van der Waals surface area contributed by atoms with Crippen LogP contribution in [-0.4, -0.2) is 23.2 Å². The molecule has 0 heterocycles. The molecule has 1 atom stereocenters. The highest BCUT2D eigenvalue weighted by molar-refractivity contribution is 5.79. The van der Waals surface area contributed by atoms with Crippen LogP contribution in [0, 0.1) is 11.8 Å². The van der Waals surface area contributed by atoms with E-state index < -0.39 is 0 Å². The Balaban J connectivity index is 4.17. The van der Waals surface area contributed by atoms with E-state index in [1.54, 1.807) is 0 Å². The fraction of sp³-hybridized carbons (Fsp3) is 0.909. The predicted molar refractivity (Wildman–Crippen MR) is 57.9 cm³/mol. The van der Waals surface area contributed by atoms with Crippen molar-refractivity contribution in [3.8, 4) is 0 Å². The van der Waals surface area contributed by atoms with E-state index in [9.17, 15) is 4.79 Å². The molecule has 3 nitrogen and oxygen atoms in total. The molecule has 0 radical (unpaired) electrons. The molecule has 0 saturated heterocycles. The topological polar surface area (TPSA) is 49.3 Å². The van der Waals surface area contributed by atoms with Crippen molar-refractivity contribution in [3.63, 3.8) is 0 Å². The highest BCUT2D eigenvalue weighted by Crippen LogP contribution is 2.13. The predicted octanol–water partition coefficient (Wildman–Crippen LogP) is 1.56. The molecule has 0 aliphatic carbocycles. The summed E-state index contributed by atoms with van der Waals surface area (Å²) in [6.07, 6.45) is 0.587. The number of hydrogen-bond acceptors (Lipinski definition) is 2. The van der Waals surface area contributed by atoms with E-state index in [0.717, 1.165) is 0 Å². The third-order valence-electron chi connectivity index (χ3n) is 2.61. The molecule has 3 heteroatoms. The molecule has 0 aliphatic heterocycles. The summed E-state index contributed by atoms with van der Waals surface area (Å²) in [6, 6.07) is 0. The van der Waals surface area contributed by atoms with Crippen LogP contribution in [0.1, 0.15) is 41.0 Å². The average Bonchev–Trinajstić information content (AvgIpc) is 2.01. The molecular weight excluding hydrogens is 178 g/mol. The van der Waals surface area contributed by atoms with E-state index >= 15 is 0 Å². The summed E-state index contributed by atoms with van der Waals surface area (Å²) in [5.41, 5.74) is -0.311. The third-order valence-corrected chi connectivity index (χ3v) is 2.61. The second-order valence-electron chi connectivity index (χ2n) is 4.88. The molecule has 0 aromatic carbocycles. The Bertz CT molecular complexity index is 188. The van der Waals surface area contributed by atoms with Gasteiger partial charge in [-0.15, -0.1) is 0 Å². The second-order valence-corrected chi connectivity index (χ2v) is 4.88. The summed E-state index contributed by atoms with van der Waals surface area (Å²) < 4.78 is 0. The summed E-state index contributed by atoms with van der Waals surface area (Å²) in [5.74, 6) is 0.436. The van der Waals surface area contributed by atoms with Gasteiger partial charge < -0.3 is 10.4 Å². The summed E-state index contributed by atoms with van der Waals surface area (Å²) in [6.45, 7) is 9.94. The van der Waals surface area contributed by atoms with Gasteiger partial charge in [-0.2, -0.15) is 0 Å². The van der Waals surface area contributed by atoms with Crippen molar-refractivity contribution < 1.29 is 9.90 Å². The van der Waals surface area contributed by atoms with Gasteiger partial charge in [-0.05, 0) is 26.2 Å². The lowest BCUT2D eigenvalue weighted by molar-refractivity contribution is -0.127. The molecule has 0 aromatic heterocycles. The number of nitrogens with one attached hydrogen (secondary N) is 1. The van der Waals surface area contributed by atoms with Crippen LogP contribution in [0.4, 0.5) is 0 Å². The van der Waals surface area contributed by atoms with Crippen molar-refractivity contribution in [1.29, 1.82) is 0 Å². The van der Waals surface area contributed by atoms with Crippen LogP contribution < -0.4 is 5.32 Å². The first-order chi connectivity index (χ1) is 6.30. The van der Waals surface area contributed by atoms with E-state index in [-0.39, 0.29) is 24.0 Å². The van der Waals surface area contributed by atoms with Gasteiger partial charge in [0.1, 0.15) is 0 Å². The lowest BCUT2D eigenvalue weighted by Gasteiger charge is -2.28. The van der Waals surface area contributed by atoms with Crippen LogP contribution in [0.5, 0.6) is 0 Å². The Morgan fingerprint density at radius 2 is 1.86 bits per heavy atom. The Hall–Kier alpha value is -0.570. The van der Waals surface area contributed by atoms with E-state index in [0.29, 0.717) is 12.3 Å². The number of carbonyl (C=O) groups excluding carboxylic acids is 1. The fourth-order valence-corrected chi connectivity index (χ4v) is 1.09. The number of carbonyl (C=O) groups is 1.